The fourth-order valence-electron chi connectivity index (χ4n) is 5.73. The highest BCUT2D eigenvalue weighted by Crippen LogP contribution is 2.35. The highest BCUT2D eigenvalue weighted by Gasteiger charge is 2.30. The highest BCUT2D eigenvalue weighted by atomic mass is 32.2. The number of benzene rings is 4. The van der Waals surface area contributed by atoms with Crippen LogP contribution in [0.1, 0.15) is 33.4 Å². The van der Waals surface area contributed by atoms with E-state index in [0.29, 0.717) is 54.8 Å². The van der Waals surface area contributed by atoms with Gasteiger partial charge in [0.15, 0.2) is 0 Å². The Morgan fingerprint density at radius 1 is 0.872 bits per heavy atom. The first-order chi connectivity index (χ1) is 22.7. The van der Waals surface area contributed by atoms with Crippen molar-refractivity contribution in [3.8, 4) is 0 Å². The van der Waals surface area contributed by atoms with Crippen LogP contribution >= 0.6 is 0 Å². The largest absolute Gasteiger partial charge is 0.460 e. The van der Waals surface area contributed by atoms with Crippen molar-refractivity contribution in [3.63, 3.8) is 0 Å². The van der Waals surface area contributed by atoms with Gasteiger partial charge in [0.05, 0.1) is 22.9 Å². The number of hydrogen-bond acceptors (Lipinski definition) is 7. The lowest BCUT2D eigenvalue weighted by Gasteiger charge is -2.38. The first-order valence-corrected chi connectivity index (χ1v) is 16.8. The van der Waals surface area contributed by atoms with Crippen LogP contribution < -0.4 is 9.21 Å². The number of para-hydroxylation sites is 2. The molecule has 0 unspecified atom stereocenters. The van der Waals surface area contributed by atoms with Crippen molar-refractivity contribution in [3.05, 3.63) is 126 Å². The van der Waals surface area contributed by atoms with Crippen LogP contribution in [0.25, 0.3) is 11.0 Å². The van der Waals surface area contributed by atoms with Crippen LogP contribution in [0, 0.1) is 5.82 Å². The lowest BCUT2D eigenvalue weighted by molar-refractivity contribution is 0.0492. The third kappa shape index (κ3) is 6.85. The lowest BCUT2D eigenvalue weighted by atomic mass is 10.1. The molecule has 0 saturated carbocycles. The number of sulfonamides is 1. The number of rotatable bonds is 10. The molecule has 0 radical (unpaired) electrons. The number of carbonyl (C=O) groups is 2. The second-order valence-corrected chi connectivity index (χ2v) is 13.0. The molecule has 47 heavy (non-hydrogen) atoms. The van der Waals surface area contributed by atoms with Crippen LogP contribution in [0.5, 0.6) is 0 Å². The average Bonchev–Trinajstić information content (AvgIpc) is 3.53. The van der Waals surface area contributed by atoms with Gasteiger partial charge in [-0.05, 0) is 79.6 Å². The number of halogens is 1. The summed E-state index contributed by atoms with van der Waals surface area (Å²) in [5.74, 6) is -1.20. The van der Waals surface area contributed by atoms with Gasteiger partial charge in [-0.1, -0.05) is 42.5 Å². The number of hydrogen-bond donors (Lipinski definition) is 0. The molecule has 0 aliphatic carbocycles. The molecule has 0 spiro atoms. The van der Waals surface area contributed by atoms with E-state index in [4.69, 9.17) is 9.15 Å². The molecule has 0 N–H and O–H groups in total. The monoisotopic (exact) mass is 655 g/mol. The molecule has 4 aromatic carbocycles. The van der Waals surface area contributed by atoms with Crippen LogP contribution in [-0.4, -0.2) is 64.5 Å². The number of fused-ring (bicyclic) bond motifs is 1. The van der Waals surface area contributed by atoms with Gasteiger partial charge in [-0.2, -0.15) is 0 Å². The summed E-state index contributed by atoms with van der Waals surface area (Å²) in [6.45, 7) is 3.85. The van der Waals surface area contributed by atoms with Crippen LogP contribution in [0.15, 0.2) is 112 Å². The molecule has 1 aliphatic heterocycles. The molecule has 0 atom stereocenters. The van der Waals surface area contributed by atoms with Gasteiger partial charge in [-0.15, -0.1) is 0 Å². The maximum Gasteiger partial charge on any atom is 0.374 e. The first kappa shape index (κ1) is 31.8. The summed E-state index contributed by atoms with van der Waals surface area (Å²) in [6.07, 6.45) is 0.468. The van der Waals surface area contributed by atoms with Crippen molar-refractivity contribution < 1.29 is 31.6 Å². The Kier molecular flexibility index (Phi) is 9.26. The normalized spacial score (nSPS) is 13.5. The predicted octanol–water partition coefficient (Wildman–Crippen LogP) is 6.15. The fraction of sp³-hybridized carbons (Fsp3) is 0.222. The molecule has 9 nitrogen and oxygen atoms in total. The summed E-state index contributed by atoms with van der Waals surface area (Å²) < 4.78 is 54.5. The van der Waals surface area contributed by atoms with Gasteiger partial charge >= 0.3 is 5.97 Å². The van der Waals surface area contributed by atoms with Gasteiger partial charge in [-0.25, -0.2) is 17.6 Å². The summed E-state index contributed by atoms with van der Waals surface area (Å²) in [6, 6.07) is 28.6. The quantitative estimate of drug-likeness (QED) is 0.167. The number of furan rings is 1. The zero-order chi connectivity index (χ0) is 33.0. The van der Waals surface area contributed by atoms with Gasteiger partial charge in [0.1, 0.15) is 11.4 Å². The zero-order valence-electron chi connectivity index (χ0n) is 25.8. The Hall–Kier alpha value is -5.16. The third-order valence-electron chi connectivity index (χ3n) is 8.15. The Labute approximate surface area is 272 Å². The van der Waals surface area contributed by atoms with Gasteiger partial charge in [-0.3, -0.25) is 9.10 Å². The number of nitrogens with zero attached hydrogens (tertiary/aromatic N) is 3. The number of anilines is 2. The van der Waals surface area contributed by atoms with Crippen LogP contribution in [-0.2, 0) is 21.2 Å². The molecule has 1 fully saturated rings. The second-order valence-electron chi connectivity index (χ2n) is 11.1. The van der Waals surface area contributed by atoms with E-state index in [1.807, 2.05) is 48.5 Å². The minimum atomic E-state index is -4.11. The Morgan fingerprint density at radius 3 is 2.30 bits per heavy atom. The van der Waals surface area contributed by atoms with Crippen molar-refractivity contribution in [1.29, 1.82) is 0 Å². The molecule has 5 aromatic rings. The van der Waals surface area contributed by atoms with Crippen molar-refractivity contribution in [2.24, 2.45) is 0 Å². The molecule has 1 amide bonds. The van der Waals surface area contributed by atoms with E-state index in [2.05, 4.69) is 4.90 Å². The Bertz CT molecular complexity index is 1990. The van der Waals surface area contributed by atoms with Gasteiger partial charge in [0, 0.05) is 43.7 Å². The predicted molar refractivity (Wildman–Crippen MR) is 178 cm³/mol. The molecule has 6 rings (SSSR count). The smallest absolute Gasteiger partial charge is 0.374 e. The number of amides is 1. The number of carbonyl (C=O) groups excluding carboxylic acids is 2. The van der Waals surface area contributed by atoms with Crippen molar-refractivity contribution in [2.45, 2.75) is 18.2 Å². The minimum Gasteiger partial charge on any atom is -0.460 e. The Morgan fingerprint density at radius 2 is 1.57 bits per heavy atom. The van der Waals surface area contributed by atoms with Gasteiger partial charge in [0.25, 0.3) is 15.9 Å². The average molecular weight is 656 g/mol. The summed E-state index contributed by atoms with van der Waals surface area (Å²) in [4.78, 5) is 29.2. The molecule has 11 heteroatoms. The van der Waals surface area contributed by atoms with Crippen molar-refractivity contribution in [2.75, 3.05) is 48.5 Å². The topological polar surface area (TPSA) is 100 Å². The van der Waals surface area contributed by atoms with E-state index in [1.54, 1.807) is 24.0 Å². The summed E-state index contributed by atoms with van der Waals surface area (Å²) in [5.41, 5.74) is 3.02. The number of esters is 1. The van der Waals surface area contributed by atoms with Crippen LogP contribution in [0.3, 0.4) is 0 Å². The van der Waals surface area contributed by atoms with E-state index in [-0.39, 0.29) is 29.7 Å². The summed E-state index contributed by atoms with van der Waals surface area (Å²) in [5, 5.41) is 0.465. The minimum absolute atomic E-state index is 0.000251. The maximum atomic E-state index is 14.5. The lowest BCUT2D eigenvalue weighted by Crippen LogP contribution is -2.49. The van der Waals surface area contributed by atoms with Crippen molar-refractivity contribution in [1.82, 2.24) is 4.90 Å². The first-order valence-electron chi connectivity index (χ1n) is 15.4. The molecule has 242 valence electrons. The molecule has 1 saturated heterocycles. The summed E-state index contributed by atoms with van der Waals surface area (Å²) >= 11 is 0. The SMILES string of the molecule is CCOC(=O)c1cc2cc(S(=O)(=O)N(CCc3ccccc3)c3ccccc3N3CCN(C(=O)c4ccc(F)cc4)CC3)ccc2o1. The van der Waals surface area contributed by atoms with E-state index in [1.165, 1.54) is 46.8 Å². The second kappa shape index (κ2) is 13.7. The van der Waals surface area contributed by atoms with E-state index in [9.17, 15) is 22.4 Å². The van der Waals surface area contributed by atoms with E-state index < -0.39 is 21.8 Å². The number of ether oxygens (including phenoxy) is 1. The van der Waals surface area contributed by atoms with Gasteiger partial charge < -0.3 is 19.0 Å². The van der Waals surface area contributed by atoms with Crippen LogP contribution in [0.2, 0.25) is 0 Å². The Balaban J connectivity index is 1.31. The van der Waals surface area contributed by atoms with E-state index >= 15 is 0 Å². The van der Waals surface area contributed by atoms with Crippen LogP contribution in [0.4, 0.5) is 15.8 Å². The van der Waals surface area contributed by atoms with E-state index in [0.717, 1.165) is 11.3 Å². The molecule has 0 bridgehead atoms. The molecule has 2 heterocycles. The standard InChI is InChI=1S/C36H34FN3O6S/c1-2-45-36(42)34-25-28-24-30(16-17-33(28)46-34)47(43,44)40(19-18-26-8-4-3-5-9-26)32-11-7-6-10-31(32)38-20-22-39(23-21-38)35(41)27-12-14-29(37)15-13-27/h3-17,24-25H,2,18-23H2,1H3. The molecule has 1 aromatic heterocycles. The fourth-order valence-corrected chi connectivity index (χ4v) is 7.24. The molecule has 1 aliphatic rings. The highest BCUT2D eigenvalue weighted by molar-refractivity contribution is 7.92. The molecular weight excluding hydrogens is 621 g/mol. The molecular formula is C36H34FN3O6S. The third-order valence-corrected chi connectivity index (χ3v) is 9.96. The van der Waals surface area contributed by atoms with Gasteiger partial charge in [0.2, 0.25) is 5.76 Å². The maximum absolute atomic E-state index is 14.5. The zero-order valence-corrected chi connectivity index (χ0v) is 26.7. The van der Waals surface area contributed by atoms with Crippen molar-refractivity contribution >= 4 is 44.2 Å². The summed E-state index contributed by atoms with van der Waals surface area (Å²) in [7, 11) is -4.11. The number of piperazine rings is 1.